The highest BCUT2D eigenvalue weighted by Gasteiger charge is 2.46. The Morgan fingerprint density at radius 2 is 1.86 bits per heavy atom. The Morgan fingerprint density at radius 3 is 2.38 bits per heavy atom. The fourth-order valence-electron chi connectivity index (χ4n) is 2.94. The van der Waals surface area contributed by atoms with Crippen LogP contribution in [-0.2, 0) is 14.4 Å². The van der Waals surface area contributed by atoms with Crippen molar-refractivity contribution in [1.29, 1.82) is 0 Å². The summed E-state index contributed by atoms with van der Waals surface area (Å²) in [5.74, 6) is -0.469. The van der Waals surface area contributed by atoms with E-state index in [-0.39, 0.29) is 35.6 Å². The molecule has 0 aromatic rings. The fraction of sp³-hybridized carbons (Fsp3) is 0.688. The van der Waals surface area contributed by atoms with Gasteiger partial charge in [-0.25, -0.2) is 0 Å². The Labute approximate surface area is 125 Å². The van der Waals surface area contributed by atoms with E-state index >= 15 is 0 Å². The van der Waals surface area contributed by atoms with Crippen LogP contribution >= 0.6 is 0 Å². The lowest BCUT2D eigenvalue weighted by atomic mass is 9.85. The standard InChI is InChI=1S/C16H24N2O3/c1-3-11(2)17-14(19)9-6-10-18-15(20)12-7-4-5-8-13(12)16(18)21/h4-5,11-13H,3,6-10H2,1-2H3,(H,17,19)/t11-,12+,13+/m1/s1. The van der Waals surface area contributed by atoms with Gasteiger partial charge in [0.25, 0.3) is 0 Å². The average molecular weight is 292 g/mol. The molecule has 5 heteroatoms. The number of nitrogens with zero attached hydrogens (tertiary/aromatic N) is 1. The summed E-state index contributed by atoms with van der Waals surface area (Å²) in [5.41, 5.74) is 0. The second-order valence-corrected chi connectivity index (χ2v) is 5.96. The topological polar surface area (TPSA) is 66.5 Å². The highest BCUT2D eigenvalue weighted by molar-refractivity contribution is 6.05. The third-order valence-corrected chi connectivity index (χ3v) is 4.40. The summed E-state index contributed by atoms with van der Waals surface area (Å²) in [6.45, 7) is 4.34. The number of allylic oxidation sites excluding steroid dienone is 2. The molecule has 0 unspecified atom stereocenters. The molecule has 0 spiro atoms. The summed E-state index contributed by atoms with van der Waals surface area (Å²) in [6, 6.07) is 0.168. The molecule has 0 aromatic heterocycles. The molecule has 3 amide bonds. The first-order valence-electron chi connectivity index (χ1n) is 7.84. The van der Waals surface area contributed by atoms with Gasteiger partial charge in [-0.2, -0.15) is 0 Å². The van der Waals surface area contributed by atoms with Crippen molar-refractivity contribution in [2.24, 2.45) is 11.8 Å². The number of hydrogen-bond acceptors (Lipinski definition) is 3. The Balaban J connectivity index is 1.80. The van der Waals surface area contributed by atoms with Crippen LogP contribution in [0.5, 0.6) is 0 Å². The largest absolute Gasteiger partial charge is 0.354 e. The minimum Gasteiger partial charge on any atom is -0.354 e. The molecule has 21 heavy (non-hydrogen) atoms. The van der Waals surface area contributed by atoms with Crippen molar-refractivity contribution in [3.8, 4) is 0 Å². The molecular weight excluding hydrogens is 268 g/mol. The number of carbonyl (C=O) groups is 3. The first-order valence-corrected chi connectivity index (χ1v) is 7.84. The van der Waals surface area contributed by atoms with Crippen LogP contribution in [0.4, 0.5) is 0 Å². The average Bonchev–Trinajstić information content (AvgIpc) is 2.72. The van der Waals surface area contributed by atoms with Crippen molar-refractivity contribution in [2.75, 3.05) is 6.54 Å². The molecule has 1 heterocycles. The van der Waals surface area contributed by atoms with Crippen molar-refractivity contribution in [3.05, 3.63) is 12.2 Å². The van der Waals surface area contributed by atoms with E-state index in [9.17, 15) is 14.4 Å². The van der Waals surface area contributed by atoms with E-state index in [4.69, 9.17) is 0 Å². The monoisotopic (exact) mass is 292 g/mol. The normalized spacial score (nSPS) is 25.9. The van der Waals surface area contributed by atoms with E-state index in [0.29, 0.717) is 32.2 Å². The van der Waals surface area contributed by atoms with Gasteiger partial charge in [0, 0.05) is 19.0 Å². The molecule has 0 saturated carbocycles. The minimum absolute atomic E-state index is 0.0115. The van der Waals surface area contributed by atoms with Gasteiger partial charge >= 0.3 is 0 Å². The Hall–Kier alpha value is -1.65. The number of rotatable bonds is 6. The highest BCUT2D eigenvalue weighted by Crippen LogP contribution is 2.35. The molecular formula is C16H24N2O3. The summed E-state index contributed by atoms with van der Waals surface area (Å²) in [6.07, 6.45) is 7.08. The Kier molecular flexibility index (Phi) is 5.15. The van der Waals surface area contributed by atoms with E-state index in [2.05, 4.69) is 5.32 Å². The molecule has 2 aliphatic rings. The van der Waals surface area contributed by atoms with Crippen LogP contribution < -0.4 is 5.32 Å². The van der Waals surface area contributed by atoms with Crippen LogP contribution in [0.15, 0.2) is 12.2 Å². The summed E-state index contributed by atoms with van der Waals surface area (Å²) in [5, 5.41) is 2.89. The van der Waals surface area contributed by atoms with Gasteiger partial charge in [0.05, 0.1) is 11.8 Å². The van der Waals surface area contributed by atoms with Crippen LogP contribution in [-0.4, -0.2) is 35.2 Å². The number of carbonyl (C=O) groups excluding carboxylic acids is 3. The summed E-state index contributed by atoms with van der Waals surface area (Å²) in [4.78, 5) is 37.5. The van der Waals surface area contributed by atoms with Crippen LogP contribution in [0.3, 0.4) is 0 Å². The molecule has 116 valence electrons. The van der Waals surface area contributed by atoms with Gasteiger partial charge in [-0.3, -0.25) is 19.3 Å². The van der Waals surface area contributed by atoms with Crippen LogP contribution in [0.25, 0.3) is 0 Å². The third-order valence-electron chi connectivity index (χ3n) is 4.40. The third kappa shape index (κ3) is 3.52. The number of imide groups is 1. The smallest absolute Gasteiger partial charge is 0.233 e. The SMILES string of the molecule is CC[C@@H](C)NC(=O)CCCN1C(=O)[C@H]2CC=CC[C@@H]2C1=O. The maximum Gasteiger partial charge on any atom is 0.233 e. The summed E-state index contributed by atoms with van der Waals surface area (Å²) < 4.78 is 0. The number of likely N-dealkylation sites (tertiary alicyclic amines) is 1. The quantitative estimate of drug-likeness (QED) is 0.598. The molecule has 0 aromatic carbocycles. The molecule has 0 bridgehead atoms. The van der Waals surface area contributed by atoms with Gasteiger partial charge in [-0.15, -0.1) is 0 Å². The van der Waals surface area contributed by atoms with Gasteiger partial charge < -0.3 is 5.32 Å². The van der Waals surface area contributed by atoms with Crippen molar-refractivity contribution >= 4 is 17.7 Å². The molecule has 2 rings (SSSR count). The molecule has 1 saturated heterocycles. The number of amides is 3. The van der Waals surface area contributed by atoms with Crippen molar-refractivity contribution < 1.29 is 14.4 Å². The van der Waals surface area contributed by atoms with Gasteiger partial charge in [0.2, 0.25) is 17.7 Å². The maximum atomic E-state index is 12.2. The minimum atomic E-state index is -0.170. The molecule has 1 aliphatic heterocycles. The van der Waals surface area contributed by atoms with Gasteiger partial charge in [-0.05, 0) is 32.6 Å². The number of hydrogen-bond donors (Lipinski definition) is 1. The highest BCUT2D eigenvalue weighted by atomic mass is 16.2. The lowest BCUT2D eigenvalue weighted by molar-refractivity contribution is -0.140. The van der Waals surface area contributed by atoms with Crippen molar-refractivity contribution in [1.82, 2.24) is 10.2 Å². The Bertz CT molecular complexity index is 432. The Morgan fingerprint density at radius 1 is 1.29 bits per heavy atom. The number of nitrogens with one attached hydrogen (secondary N) is 1. The summed E-state index contributed by atoms with van der Waals surface area (Å²) in [7, 11) is 0. The zero-order chi connectivity index (χ0) is 15.4. The van der Waals surface area contributed by atoms with E-state index in [1.54, 1.807) is 0 Å². The molecule has 1 N–H and O–H groups in total. The predicted octanol–water partition coefficient (Wildman–Crippen LogP) is 1.63. The second-order valence-electron chi connectivity index (χ2n) is 5.96. The van der Waals surface area contributed by atoms with Gasteiger partial charge in [0.15, 0.2) is 0 Å². The van der Waals surface area contributed by atoms with E-state index in [1.165, 1.54) is 4.90 Å². The molecule has 3 atom stereocenters. The molecule has 0 radical (unpaired) electrons. The maximum absolute atomic E-state index is 12.2. The van der Waals surface area contributed by atoms with Gasteiger partial charge in [-0.1, -0.05) is 19.1 Å². The van der Waals surface area contributed by atoms with Crippen LogP contribution in [0.2, 0.25) is 0 Å². The molecule has 5 nitrogen and oxygen atoms in total. The zero-order valence-corrected chi connectivity index (χ0v) is 12.8. The van der Waals surface area contributed by atoms with E-state index < -0.39 is 0 Å². The summed E-state index contributed by atoms with van der Waals surface area (Å²) >= 11 is 0. The lowest BCUT2D eigenvalue weighted by Gasteiger charge is -2.15. The van der Waals surface area contributed by atoms with Crippen LogP contribution in [0.1, 0.15) is 46.0 Å². The van der Waals surface area contributed by atoms with Gasteiger partial charge in [0.1, 0.15) is 0 Å². The predicted molar refractivity (Wildman–Crippen MR) is 79.2 cm³/mol. The van der Waals surface area contributed by atoms with E-state index in [0.717, 1.165) is 6.42 Å². The molecule has 1 aliphatic carbocycles. The fourth-order valence-corrected chi connectivity index (χ4v) is 2.94. The number of fused-ring (bicyclic) bond motifs is 1. The van der Waals surface area contributed by atoms with Crippen molar-refractivity contribution in [2.45, 2.75) is 52.0 Å². The first kappa shape index (κ1) is 15.7. The molecule has 1 fully saturated rings. The first-order chi connectivity index (χ1) is 10.0. The second kappa shape index (κ2) is 6.87. The van der Waals surface area contributed by atoms with E-state index in [1.807, 2.05) is 26.0 Å². The van der Waals surface area contributed by atoms with Crippen molar-refractivity contribution in [3.63, 3.8) is 0 Å². The van der Waals surface area contributed by atoms with Crippen LogP contribution in [0, 0.1) is 11.8 Å². The zero-order valence-electron chi connectivity index (χ0n) is 12.8. The lowest BCUT2D eigenvalue weighted by Crippen LogP contribution is -2.34.